The quantitative estimate of drug-likeness (QED) is 0.874. The summed E-state index contributed by atoms with van der Waals surface area (Å²) in [4.78, 5) is 40.6. The zero-order valence-electron chi connectivity index (χ0n) is 17.0. The van der Waals surface area contributed by atoms with Gasteiger partial charge in [-0.1, -0.05) is 12.1 Å². The number of fused-ring (bicyclic) bond motifs is 1. The van der Waals surface area contributed by atoms with Crippen LogP contribution in [0.5, 0.6) is 0 Å². The maximum Gasteiger partial charge on any atom is 0.229 e. The number of carbonyl (C=O) groups is 3. The van der Waals surface area contributed by atoms with E-state index in [9.17, 15) is 14.4 Å². The number of carbonyl (C=O) groups excluding carboxylic acids is 3. The summed E-state index contributed by atoms with van der Waals surface area (Å²) in [6.07, 6.45) is 0.981. The lowest BCUT2D eigenvalue weighted by molar-refractivity contribution is -0.122. The van der Waals surface area contributed by atoms with E-state index in [-0.39, 0.29) is 30.1 Å². The van der Waals surface area contributed by atoms with Gasteiger partial charge in [0.2, 0.25) is 17.7 Å². The topological polar surface area (TPSA) is 69.7 Å². The fourth-order valence-corrected chi connectivity index (χ4v) is 4.14. The predicted octanol–water partition coefficient (Wildman–Crippen LogP) is 3.20. The molecule has 0 aromatic heterocycles. The Balaban J connectivity index is 1.49. The van der Waals surface area contributed by atoms with Crippen LogP contribution in [0.3, 0.4) is 0 Å². The minimum absolute atomic E-state index is 0.0249. The Bertz CT molecular complexity index is 1010. The maximum absolute atomic E-state index is 12.8. The Kier molecular flexibility index (Phi) is 4.86. The molecule has 0 radical (unpaired) electrons. The fraction of sp³-hybridized carbons (Fsp3) is 0.348. The lowest BCUT2D eigenvalue weighted by Gasteiger charge is -2.19. The molecule has 2 aromatic carbocycles. The number of aryl methyl sites for hydroxylation is 1. The number of hydrogen-bond donors (Lipinski definition) is 1. The van der Waals surface area contributed by atoms with Crippen LogP contribution >= 0.6 is 0 Å². The number of rotatable bonds is 3. The molecule has 4 rings (SSSR count). The molecule has 1 fully saturated rings. The van der Waals surface area contributed by atoms with Gasteiger partial charge in [-0.25, -0.2) is 0 Å². The summed E-state index contributed by atoms with van der Waals surface area (Å²) in [7, 11) is 0. The van der Waals surface area contributed by atoms with Crippen molar-refractivity contribution >= 4 is 34.8 Å². The number of anilines is 3. The molecule has 2 aliphatic rings. The highest BCUT2D eigenvalue weighted by Crippen LogP contribution is 2.34. The highest BCUT2D eigenvalue weighted by Gasteiger charge is 2.36. The van der Waals surface area contributed by atoms with Gasteiger partial charge in [0, 0.05) is 43.5 Å². The molecule has 0 bridgehead atoms. The van der Waals surface area contributed by atoms with Crippen molar-refractivity contribution in [2.24, 2.45) is 5.92 Å². The molecule has 150 valence electrons. The smallest absolute Gasteiger partial charge is 0.229 e. The van der Waals surface area contributed by atoms with E-state index in [0.29, 0.717) is 13.1 Å². The van der Waals surface area contributed by atoms with Gasteiger partial charge >= 0.3 is 0 Å². The van der Waals surface area contributed by atoms with E-state index in [1.54, 1.807) is 16.7 Å². The summed E-state index contributed by atoms with van der Waals surface area (Å²) in [6, 6.07) is 11.5. The molecule has 1 N–H and O–H groups in total. The summed E-state index contributed by atoms with van der Waals surface area (Å²) < 4.78 is 0. The summed E-state index contributed by atoms with van der Waals surface area (Å²) in [5, 5.41) is 2.98. The second kappa shape index (κ2) is 7.35. The molecule has 0 spiro atoms. The van der Waals surface area contributed by atoms with E-state index >= 15 is 0 Å². The van der Waals surface area contributed by atoms with Crippen LogP contribution in [0.4, 0.5) is 17.1 Å². The molecular weight excluding hydrogens is 366 g/mol. The minimum Gasteiger partial charge on any atom is -0.326 e. The number of nitrogens with zero attached hydrogens (tertiary/aromatic N) is 2. The largest absolute Gasteiger partial charge is 0.326 e. The van der Waals surface area contributed by atoms with Gasteiger partial charge < -0.3 is 15.1 Å². The molecule has 29 heavy (non-hydrogen) atoms. The molecule has 1 saturated heterocycles. The molecule has 6 heteroatoms. The Morgan fingerprint density at radius 2 is 1.93 bits per heavy atom. The first-order chi connectivity index (χ1) is 13.8. The van der Waals surface area contributed by atoms with E-state index in [2.05, 4.69) is 5.32 Å². The monoisotopic (exact) mass is 391 g/mol. The van der Waals surface area contributed by atoms with Crippen LogP contribution in [-0.4, -0.2) is 30.8 Å². The Hall–Kier alpha value is -3.15. The molecule has 2 heterocycles. The summed E-state index contributed by atoms with van der Waals surface area (Å²) in [5.41, 5.74) is 5.72. The van der Waals surface area contributed by atoms with Crippen LogP contribution in [0.1, 0.15) is 30.0 Å². The second-order valence-electron chi connectivity index (χ2n) is 7.88. The van der Waals surface area contributed by atoms with Gasteiger partial charge in [-0.3, -0.25) is 14.4 Å². The highest BCUT2D eigenvalue weighted by atomic mass is 16.2. The van der Waals surface area contributed by atoms with Crippen molar-refractivity contribution in [1.82, 2.24) is 0 Å². The van der Waals surface area contributed by atoms with Crippen LogP contribution < -0.4 is 15.1 Å². The lowest BCUT2D eigenvalue weighted by Crippen LogP contribution is -2.28. The summed E-state index contributed by atoms with van der Waals surface area (Å²) in [5.74, 6) is -0.535. The van der Waals surface area contributed by atoms with Crippen LogP contribution in [0.15, 0.2) is 36.4 Å². The van der Waals surface area contributed by atoms with Gasteiger partial charge in [-0.15, -0.1) is 0 Å². The first kappa shape index (κ1) is 19.2. The number of benzene rings is 2. The van der Waals surface area contributed by atoms with E-state index in [1.165, 1.54) is 0 Å². The van der Waals surface area contributed by atoms with E-state index in [0.717, 1.165) is 40.2 Å². The second-order valence-corrected chi connectivity index (χ2v) is 7.88. The minimum atomic E-state index is -0.385. The first-order valence-electron chi connectivity index (χ1n) is 9.93. The Morgan fingerprint density at radius 3 is 2.69 bits per heavy atom. The van der Waals surface area contributed by atoms with Crippen molar-refractivity contribution in [3.8, 4) is 0 Å². The Morgan fingerprint density at radius 1 is 1.14 bits per heavy atom. The number of nitrogens with one attached hydrogen (secondary N) is 1. The first-order valence-corrected chi connectivity index (χ1v) is 9.93. The van der Waals surface area contributed by atoms with Crippen LogP contribution in [0.2, 0.25) is 0 Å². The molecule has 6 nitrogen and oxygen atoms in total. The van der Waals surface area contributed by atoms with Crippen molar-refractivity contribution < 1.29 is 14.4 Å². The average molecular weight is 391 g/mol. The van der Waals surface area contributed by atoms with Crippen molar-refractivity contribution in [3.63, 3.8) is 0 Å². The van der Waals surface area contributed by atoms with Gasteiger partial charge in [-0.05, 0) is 61.2 Å². The SMILES string of the molecule is CC(=O)N1CCc2cc(N3CC(C(=O)Nc4cccc(C)c4C)CC3=O)ccc21. The van der Waals surface area contributed by atoms with E-state index in [1.807, 2.05) is 50.2 Å². The lowest BCUT2D eigenvalue weighted by atomic mass is 10.1. The van der Waals surface area contributed by atoms with Crippen molar-refractivity contribution in [2.75, 3.05) is 28.2 Å². The molecule has 1 atom stereocenters. The fourth-order valence-electron chi connectivity index (χ4n) is 4.14. The third kappa shape index (κ3) is 3.50. The van der Waals surface area contributed by atoms with Gasteiger partial charge in [0.05, 0.1) is 5.92 Å². The molecule has 0 saturated carbocycles. The summed E-state index contributed by atoms with van der Waals surface area (Å²) in [6.45, 7) is 6.58. The maximum atomic E-state index is 12.8. The molecule has 2 aliphatic heterocycles. The van der Waals surface area contributed by atoms with Gasteiger partial charge in [-0.2, -0.15) is 0 Å². The van der Waals surface area contributed by atoms with Crippen LogP contribution in [0, 0.1) is 19.8 Å². The normalized spacial score (nSPS) is 18.2. The van der Waals surface area contributed by atoms with E-state index < -0.39 is 0 Å². The molecule has 0 aliphatic carbocycles. The molecule has 2 aromatic rings. The van der Waals surface area contributed by atoms with Crippen molar-refractivity contribution in [1.29, 1.82) is 0 Å². The Labute approximate surface area is 170 Å². The predicted molar refractivity (Wildman–Crippen MR) is 113 cm³/mol. The average Bonchev–Trinajstić information content (AvgIpc) is 3.28. The standard InChI is InChI=1S/C23H25N3O3/c1-14-5-4-6-20(15(14)2)24-23(29)18-12-22(28)26(13-18)19-7-8-21-17(11-19)9-10-25(21)16(3)27/h4-8,11,18H,9-10,12-13H2,1-3H3,(H,24,29). The third-order valence-electron chi connectivity index (χ3n) is 6.01. The third-order valence-corrected chi connectivity index (χ3v) is 6.01. The number of hydrogen-bond acceptors (Lipinski definition) is 3. The summed E-state index contributed by atoms with van der Waals surface area (Å²) >= 11 is 0. The van der Waals surface area contributed by atoms with Gasteiger partial charge in [0.1, 0.15) is 0 Å². The zero-order valence-corrected chi connectivity index (χ0v) is 17.0. The van der Waals surface area contributed by atoms with Gasteiger partial charge in [0.25, 0.3) is 0 Å². The molecule has 3 amide bonds. The van der Waals surface area contributed by atoms with Crippen LogP contribution in [-0.2, 0) is 20.8 Å². The number of amides is 3. The molecular formula is C23H25N3O3. The van der Waals surface area contributed by atoms with Crippen molar-refractivity contribution in [2.45, 2.75) is 33.6 Å². The zero-order chi connectivity index (χ0) is 20.7. The van der Waals surface area contributed by atoms with Crippen LogP contribution in [0.25, 0.3) is 0 Å². The van der Waals surface area contributed by atoms with Gasteiger partial charge in [0.15, 0.2) is 0 Å². The molecule has 1 unspecified atom stereocenters. The van der Waals surface area contributed by atoms with E-state index in [4.69, 9.17) is 0 Å². The highest BCUT2D eigenvalue weighted by molar-refractivity contribution is 6.04. The van der Waals surface area contributed by atoms with Crippen molar-refractivity contribution in [3.05, 3.63) is 53.1 Å².